The number of rotatable bonds is 4. The van der Waals surface area contributed by atoms with Crippen LogP contribution in [0.25, 0.3) is 0 Å². The predicted molar refractivity (Wildman–Crippen MR) is 52.5 cm³/mol. The third-order valence-electron chi connectivity index (χ3n) is 2.38. The lowest BCUT2D eigenvalue weighted by Crippen LogP contribution is -2.10. The van der Waals surface area contributed by atoms with Gasteiger partial charge in [0.2, 0.25) is 0 Å². The molecule has 1 heterocycles. The van der Waals surface area contributed by atoms with Crippen LogP contribution in [0, 0.1) is 6.92 Å². The van der Waals surface area contributed by atoms with Crippen molar-refractivity contribution in [2.45, 2.75) is 39.8 Å². The summed E-state index contributed by atoms with van der Waals surface area (Å²) >= 11 is 0. The summed E-state index contributed by atoms with van der Waals surface area (Å²) in [5.74, 6) is 0. The van der Waals surface area contributed by atoms with E-state index in [4.69, 9.17) is 0 Å². The topological polar surface area (TPSA) is 42.7 Å². The second-order valence-corrected chi connectivity index (χ2v) is 3.35. The molecule has 1 atom stereocenters. The smallest absolute Gasteiger partial charge is 0.0993 e. The van der Waals surface area contributed by atoms with Gasteiger partial charge in [0.25, 0.3) is 0 Å². The maximum Gasteiger partial charge on any atom is 0.0993 e. The lowest BCUT2D eigenvalue weighted by Gasteiger charge is -2.10. The van der Waals surface area contributed by atoms with Crippen molar-refractivity contribution in [3.63, 3.8) is 0 Å². The molecule has 74 valence electrons. The van der Waals surface area contributed by atoms with E-state index in [1.54, 1.807) is 0 Å². The quantitative estimate of drug-likeness (QED) is 0.762. The molecule has 1 rings (SSSR count). The third kappa shape index (κ3) is 2.06. The van der Waals surface area contributed by atoms with Crippen LogP contribution in [0.2, 0.25) is 0 Å². The van der Waals surface area contributed by atoms with Crippen LogP contribution < -0.4 is 5.32 Å². The molecule has 0 aliphatic rings. The first-order valence-corrected chi connectivity index (χ1v) is 4.76. The van der Waals surface area contributed by atoms with Gasteiger partial charge in [-0.25, -0.2) is 4.68 Å². The van der Waals surface area contributed by atoms with E-state index >= 15 is 0 Å². The van der Waals surface area contributed by atoms with Crippen LogP contribution >= 0.6 is 0 Å². The number of hydrogen-bond acceptors (Lipinski definition) is 3. The van der Waals surface area contributed by atoms with Crippen LogP contribution in [-0.2, 0) is 6.54 Å². The number of nitrogens with one attached hydrogen (secondary N) is 1. The fraction of sp³-hybridized carbons (Fsp3) is 0.778. The Morgan fingerprint density at radius 2 is 2.23 bits per heavy atom. The molecule has 0 fully saturated rings. The monoisotopic (exact) mass is 182 g/mol. The lowest BCUT2D eigenvalue weighted by molar-refractivity contribution is 0.455. The second-order valence-electron chi connectivity index (χ2n) is 3.35. The van der Waals surface area contributed by atoms with Gasteiger partial charge in [-0.15, -0.1) is 5.10 Å². The van der Waals surface area contributed by atoms with Crippen LogP contribution in [0.1, 0.15) is 37.7 Å². The van der Waals surface area contributed by atoms with Crippen molar-refractivity contribution in [2.24, 2.45) is 0 Å². The van der Waals surface area contributed by atoms with Gasteiger partial charge in [-0.1, -0.05) is 12.1 Å². The SMILES string of the molecule is CCC(C)n1nnc(CNC)c1C. The molecule has 0 amide bonds. The Hall–Kier alpha value is -0.900. The minimum Gasteiger partial charge on any atom is -0.314 e. The predicted octanol–water partition coefficient (Wildman–Crippen LogP) is 1.28. The van der Waals surface area contributed by atoms with Crippen molar-refractivity contribution in [2.75, 3.05) is 7.05 Å². The second kappa shape index (κ2) is 4.37. The molecule has 0 radical (unpaired) electrons. The van der Waals surface area contributed by atoms with Gasteiger partial charge in [-0.2, -0.15) is 0 Å². The van der Waals surface area contributed by atoms with Gasteiger partial charge < -0.3 is 5.32 Å². The van der Waals surface area contributed by atoms with Crippen molar-refractivity contribution in [1.29, 1.82) is 0 Å². The minimum atomic E-state index is 0.443. The molecule has 1 N–H and O–H groups in total. The Kier molecular flexibility index (Phi) is 3.42. The fourth-order valence-corrected chi connectivity index (χ4v) is 1.30. The standard InChI is InChI=1S/C9H18N4/c1-5-7(2)13-8(3)9(6-10-4)11-12-13/h7,10H,5-6H2,1-4H3. The molecule has 0 saturated carbocycles. The number of nitrogens with zero attached hydrogens (tertiary/aromatic N) is 3. The van der Waals surface area contributed by atoms with E-state index in [1.165, 1.54) is 5.69 Å². The summed E-state index contributed by atoms with van der Waals surface area (Å²) in [6.45, 7) is 7.18. The minimum absolute atomic E-state index is 0.443. The van der Waals surface area contributed by atoms with E-state index in [0.29, 0.717) is 6.04 Å². The van der Waals surface area contributed by atoms with E-state index in [1.807, 2.05) is 11.7 Å². The zero-order chi connectivity index (χ0) is 9.84. The molecule has 13 heavy (non-hydrogen) atoms. The van der Waals surface area contributed by atoms with Gasteiger partial charge >= 0.3 is 0 Å². The molecule has 4 heteroatoms. The van der Waals surface area contributed by atoms with Gasteiger partial charge in [0, 0.05) is 6.54 Å². The zero-order valence-electron chi connectivity index (χ0n) is 8.83. The molecule has 4 nitrogen and oxygen atoms in total. The van der Waals surface area contributed by atoms with Crippen LogP contribution in [0.5, 0.6) is 0 Å². The summed E-state index contributed by atoms with van der Waals surface area (Å²) in [5.41, 5.74) is 2.21. The van der Waals surface area contributed by atoms with Gasteiger partial charge in [-0.05, 0) is 27.3 Å². The highest BCUT2D eigenvalue weighted by atomic mass is 15.4. The molecule has 0 spiro atoms. The van der Waals surface area contributed by atoms with Crippen molar-refractivity contribution in [3.8, 4) is 0 Å². The highest BCUT2D eigenvalue weighted by Crippen LogP contribution is 2.13. The zero-order valence-corrected chi connectivity index (χ0v) is 8.83. The first-order valence-electron chi connectivity index (χ1n) is 4.76. The van der Waals surface area contributed by atoms with Gasteiger partial charge in [-0.3, -0.25) is 0 Å². The van der Waals surface area contributed by atoms with Crippen LogP contribution in [-0.4, -0.2) is 22.0 Å². The maximum absolute atomic E-state index is 4.13. The largest absolute Gasteiger partial charge is 0.314 e. The molecule has 0 aliphatic carbocycles. The normalized spacial score (nSPS) is 13.2. The van der Waals surface area contributed by atoms with E-state index in [9.17, 15) is 0 Å². The summed E-state index contributed by atoms with van der Waals surface area (Å²) in [7, 11) is 1.92. The Balaban J connectivity index is 2.85. The van der Waals surface area contributed by atoms with E-state index < -0.39 is 0 Å². The molecule has 0 aliphatic heterocycles. The Morgan fingerprint density at radius 3 is 2.77 bits per heavy atom. The van der Waals surface area contributed by atoms with Crippen LogP contribution in [0.15, 0.2) is 0 Å². The first kappa shape index (κ1) is 10.2. The molecular formula is C9H18N4. The average molecular weight is 182 g/mol. The van der Waals surface area contributed by atoms with Crippen molar-refractivity contribution in [3.05, 3.63) is 11.4 Å². The van der Waals surface area contributed by atoms with Crippen LogP contribution in [0.3, 0.4) is 0 Å². The molecule has 0 saturated heterocycles. The highest BCUT2D eigenvalue weighted by molar-refractivity contribution is 5.07. The van der Waals surface area contributed by atoms with Crippen molar-refractivity contribution >= 4 is 0 Å². The van der Waals surface area contributed by atoms with Crippen LogP contribution in [0.4, 0.5) is 0 Å². The Bertz CT molecular complexity index is 267. The Morgan fingerprint density at radius 1 is 1.54 bits per heavy atom. The fourth-order valence-electron chi connectivity index (χ4n) is 1.30. The molecular weight excluding hydrogens is 164 g/mol. The third-order valence-corrected chi connectivity index (χ3v) is 2.38. The maximum atomic E-state index is 4.13. The number of aromatic nitrogens is 3. The highest BCUT2D eigenvalue weighted by Gasteiger charge is 2.10. The summed E-state index contributed by atoms with van der Waals surface area (Å²) in [6, 6.07) is 0.443. The van der Waals surface area contributed by atoms with E-state index in [2.05, 4.69) is 36.4 Å². The molecule has 1 aromatic heterocycles. The van der Waals surface area contributed by atoms with Gasteiger partial charge in [0.05, 0.1) is 17.4 Å². The lowest BCUT2D eigenvalue weighted by atomic mass is 10.2. The summed E-state index contributed by atoms with van der Waals surface area (Å²) in [4.78, 5) is 0. The van der Waals surface area contributed by atoms with Crippen molar-refractivity contribution < 1.29 is 0 Å². The Labute approximate surface area is 79.3 Å². The van der Waals surface area contributed by atoms with Gasteiger partial charge in [0.15, 0.2) is 0 Å². The van der Waals surface area contributed by atoms with E-state index in [-0.39, 0.29) is 0 Å². The molecule has 1 unspecified atom stereocenters. The van der Waals surface area contributed by atoms with E-state index in [0.717, 1.165) is 18.7 Å². The summed E-state index contributed by atoms with van der Waals surface area (Å²) in [6.07, 6.45) is 1.09. The summed E-state index contributed by atoms with van der Waals surface area (Å²) in [5, 5.41) is 11.3. The van der Waals surface area contributed by atoms with Crippen molar-refractivity contribution in [1.82, 2.24) is 20.3 Å². The molecule has 1 aromatic rings. The average Bonchev–Trinajstić information content (AvgIpc) is 2.48. The molecule has 0 aromatic carbocycles. The molecule has 0 bridgehead atoms. The van der Waals surface area contributed by atoms with Gasteiger partial charge in [0.1, 0.15) is 0 Å². The summed E-state index contributed by atoms with van der Waals surface area (Å²) < 4.78 is 1.99. The number of hydrogen-bond donors (Lipinski definition) is 1. The first-order chi connectivity index (χ1) is 6.20.